The number of halogens is 1. The van der Waals surface area contributed by atoms with E-state index in [1.54, 1.807) is 4.57 Å². The molecule has 1 amide bonds. The quantitative estimate of drug-likeness (QED) is 0.0281. The molecule has 1 aliphatic rings. The molecular formula is C57H106IN3O5. The Labute approximate surface area is 425 Å². The Morgan fingerprint density at radius 1 is 0.545 bits per heavy atom. The van der Waals surface area contributed by atoms with Crippen molar-refractivity contribution in [2.75, 3.05) is 19.8 Å². The lowest BCUT2D eigenvalue weighted by atomic mass is 9.77. The first kappa shape index (κ1) is 62.4. The van der Waals surface area contributed by atoms with E-state index in [-0.39, 0.29) is 53.9 Å². The fourth-order valence-corrected chi connectivity index (χ4v) is 9.97. The number of rotatable bonds is 45. The minimum absolute atomic E-state index is 0. The molecule has 0 aromatic carbocycles. The van der Waals surface area contributed by atoms with E-state index in [0.29, 0.717) is 44.4 Å². The molecule has 1 aromatic heterocycles. The van der Waals surface area contributed by atoms with Gasteiger partial charge in [0.1, 0.15) is 12.4 Å². The van der Waals surface area contributed by atoms with Crippen LogP contribution >= 0.6 is 0 Å². The van der Waals surface area contributed by atoms with Gasteiger partial charge < -0.3 is 38.4 Å². The van der Waals surface area contributed by atoms with Gasteiger partial charge >= 0.3 is 18.0 Å². The van der Waals surface area contributed by atoms with Crippen LogP contribution in [-0.4, -0.2) is 53.2 Å². The second-order valence-corrected chi connectivity index (χ2v) is 20.7. The number of hydrogen-bond donors (Lipinski definition) is 0. The van der Waals surface area contributed by atoms with Crippen molar-refractivity contribution in [2.24, 2.45) is 24.8 Å². The highest BCUT2D eigenvalue weighted by Crippen LogP contribution is 2.35. The van der Waals surface area contributed by atoms with Crippen LogP contribution < -0.4 is 28.5 Å². The molecule has 0 radical (unpaired) electrons. The number of ether oxygens (including phenoxy) is 2. The SMILES string of the molecule is CCCCCCCCCC(CCCCCCCCC)COC(=O)CCCCCCCN(C(=O)n1cc[n+](C)c1)C1CC(CC(=O)OCC(CCCCCCCC)CCCCCCCC)C1.[I-]. The summed E-state index contributed by atoms with van der Waals surface area (Å²) in [4.78, 5) is 41.7. The number of imidazole rings is 1. The first-order chi connectivity index (χ1) is 31.8. The monoisotopic (exact) mass is 1040 g/mol. The Hall–Kier alpha value is -1.65. The van der Waals surface area contributed by atoms with Gasteiger partial charge in [-0.2, -0.15) is 4.57 Å². The van der Waals surface area contributed by atoms with Gasteiger partial charge in [-0.15, -0.1) is 0 Å². The van der Waals surface area contributed by atoms with Crippen LogP contribution in [-0.2, 0) is 26.1 Å². The topological polar surface area (TPSA) is 81.7 Å². The molecule has 0 unspecified atom stereocenters. The Morgan fingerprint density at radius 2 is 0.924 bits per heavy atom. The molecule has 66 heavy (non-hydrogen) atoms. The van der Waals surface area contributed by atoms with Gasteiger partial charge in [-0.3, -0.25) is 9.59 Å². The molecule has 0 aliphatic heterocycles. The van der Waals surface area contributed by atoms with Gasteiger partial charge in [0.25, 0.3) is 6.33 Å². The fraction of sp³-hybridized carbons (Fsp3) is 0.895. The summed E-state index contributed by atoms with van der Waals surface area (Å²) in [5.41, 5.74) is 0. The minimum atomic E-state index is -0.0599. The maximum atomic E-state index is 13.7. The van der Waals surface area contributed by atoms with Crippen molar-refractivity contribution < 1.29 is 52.4 Å². The maximum absolute atomic E-state index is 13.7. The number of aryl methyl sites for hydroxylation is 1. The Balaban J connectivity index is 0.0000218. The first-order valence-electron chi connectivity index (χ1n) is 28.5. The van der Waals surface area contributed by atoms with Crippen molar-refractivity contribution in [2.45, 2.75) is 284 Å². The second kappa shape index (κ2) is 43.4. The van der Waals surface area contributed by atoms with Crippen molar-refractivity contribution in [1.82, 2.24) is 9.47 Å². The van der Waals surface area contributed by atoms with Crippen LogP contribution in [0.2, 0.25) is 0 Å². The van der Waals surface area contributed by atoms with Gasteiger partial charge in [-0.1, -0.05) is 214 Å². The van der Waals surface area contributed by atoms with Crippen molar-refractivity contribution in [3.63, 3.8) is 0 Å². The summed E-state index contributed by atoms with van der Waals surface area (Å²) >= 11 is 0. The zero-order chi connectivity index (χ0) is 47.0. The molecule has 386 valence electrons. The largest absolute Gasteiger partial charge is 1.00 e. The molecule has 1 fully saturated rings. The van der Waals surface area contributed by atoms with Crippen LogP contribution in [0.15, 0.2) is 18.7 Å². The van der Waals surface area contributed by atoms with Crippen molar-refractivity contribution >= 4 is 18.0 Å². The summed E-state index contributed by atoms with van der Waals surface area (Å²) < 4.78 is 15.5. The zero-order valence-electron chi connectivity index (χ0n) is 44.0. The van der Waals surface area contributed by atoms with Gasteiger partial charge in [-0.05, 0) is 69.1 Å². The summed E-state index contributed by atoms with van der Waals surface area (Å²) in [5.74, 6) is 1.16. The van der Waals surface area contributed by atoms with E-state index in [4.69, 9.17) is 9.47 Å². The van der Waals surface area contributed by atoms with Gasteiger partial charge in [-0.25, -0.2) is 9.36 Å². The number of carbonyl (C=O) groups is 3. The fourth-order valence-electron chi connectivity index (χ4n) is 9.97. The number of esters is 2. The third-order valence-corrected chi connectivity index (χ3v) is 14.4. The highest BCUT2D eigenvalue weighted by Gasteiger charge is 2.39. The van der Waals surface area contributed by atoms with Crippen molar-refractivity contribution in [3.8, 4) is 0 Å². The highest BCUT2D eigenvalue weighted by atomic mass is 127. The number of aromatic nitrogens is 2. The third-order valence-electron chi connectivity index (χ3n) is 14.4. The van der Waals surface area contributed by atoms with Crippen LogP contribution in [0, 0.1) is 17.8 Å². The number of hydrogen-bond acceptors (Lipinski definition) is 5. The summed E-state index contributed by atoms with van der Waals surface area (Å²) in [6.45, 7) is 11.0. The molecule has 1 aromatic rings. The van der Waals surface area contributed by atoms with Crippen LogP contribution in [0.1, 0.15) is 278 Å². The van der Waals surface area contributed by atoms with E-state index >= 15 is 0 Å². The number of unbranched alkanes of at least 4 members (excludes halogenated alkanes) is 26. The van der Waals surface area contributed by atoms with Crippen LogP contribution in [0.25, 0.3) is 0 Å². The van der Waals surface area contributed by atoms with Crippen molar-refractivity contribution in [3.05, 3.63) is 18.7 Å². The Bertz CT molecular complexity index is 1250. The van der Waals surface area contributed by atoms with E-state index in [1.165, 1.54) is 193 Å². The molecule has 0 saturated heterocycles. The average Bonchev–Trinajstić information content (AvgIpc) is 3.73. The van der Waals surface area contributed by atoms with E-state index in [1.807, 2.05) is 35.2 Å². The summed E-state index contributed by atoms with van der Waals surface area (Å²) in [7, 11) is 1.94. The lowest BCUT2D eigenvalue weighted by Crippen LogP contribution is -3.00. The predicted octanol–water partition coefficient (Wildman–Crippen LogP) is 13.2. The van der Waals surface area contributed by atoms with Crippen LogP contribution in [0.4, 0.5) is 4.79 Å². The smallest absolute Gasteiger partial charge is 0.416 e. The van der Waals surface area contributed by atoms with Crippen molar-refractivity contribution in [1.29, 1.82) is 0 Å². The summed E-state index contributed by atoms with van der Waals surface area (Å²) in [6.07, 6.45) is 51.9. The second-order valence-electron chi connectivity index (χ2n) is 20.7. The summed E-state index contributed by atoms with van der Waals surface area (Å²) in [5, 5.41) is 0. The predicted molar refractivity (Wildman–Crippen MR) is 272 cm³/mol. The normalized spacial score (nSPS) is 14.7. The van der Waals surface area contributed by atoms with Gasteiger partial charge in [0.05, 0.1) is 20.3 Å². The van der Waals surface area contributed by atoms with E-state index in [0.717, 1.165) is 44.9 Å². The van der Waals surface area contributed by atoms with E-state index in [2.05, 4.69) is 27.7 Å². The lowest BCUT2D eigenvalue weighted by Gasteiger charge is -2.41. The number of nitrogens with zero attached hydrogens (tertiary/aromatic N) is 3. The maximum Gasteiger partial charge on any atom is 0.416 e. The first-order valence-corrected chi connectivity index (χ1v) is 28.5. The number of carbonyl (C=O) groups excluding carboxylic acids is 3. The third kappa shape index (κ3) is 32.2. The minimum Gasteiger partial charge on any atom is -1.00 e. The summed E-state index contributed by atoms with van der Waals surface area (Å²) in [6, 6.07) is 0.167. The molecule has 0 N–H and O–H groups in total. The Morgan fingerprint density at radius 3 is 1.33 bits per heavy atom. The van der Waals surface area contributed by atoms with E-state index in [9.17, 15) is 14.4 Å². The molecule has 1 heterocycles. The van der Waals surface area contributed by atoms with Crippen LogP contribution in [0.5, 0.6) is 0 Å². The standard InChI is InChI=1S/C57H106N3O5.HI/c1-6-10-14-18-22-27-33-37-51(38-34-28-23-19-15-11-7-2)48-64-55(61)41-35-29-24-30-36-42-60(57(63)59-44-43-58(5)50-59)54-45-53(46-54)47-56(62)65-49-52(39-31-25-20-16-12-8-3)40-32-26-21-17-13-9-4;/h43-44,50-54H,6-42,45-49H2,1-5H3;1H/q+1;/p-1. The average molecular weight is 1040 g/mol. The van der Waals surface area contributed by atoms with Crippen LogP contribution in [0.3, 0.4) is 0 Å². The molecule has 1 aliphatic carbocycles. The Kier molecular flexibility index (Phi) is 41.0. The molecule has 0 bridgehead atoms. The lowest BCUT2D eigenvalue weighted by molar-refractivity contribution is -0.670. The molecule has 0 atom stereocenters. The van der Waals surface area contributed by atoms with Gasteiger partial charge in [0.2, 0.25) is 0 Å². The van der Waals surface area contributed by atoms with E-state index < -0.39 is 0 Å². The molecule has 1 saturated carbocycles. The molecule has 8 nitrogen and oxygen atoms in total. The zero-order valence-corrected chi connectivity index (χ0v) is 46.2. The highest BCUT2D eigenvalue weighted by molar-refractivity contribution is 5.77. The molecule has 0 spiro atoms. The molecule has 9 heteroatoms. The van der Waals surface area contributed by atoms with Gasteiger partial charge in [0.15, 0.2) is 0 Å². The number of amides is 1. The van der Waals surface area contributed by atoms with Gasteiger partial charge in [0, 0.05) is 25.4 Å². The molecular weight excluding hydrogens is 934 g/mol. The molecule has 2 rings (SSSR count).